The molecule has 2 nitrogen and oxygen atoms in total. The number of benzene rings is 3. The van der Waals surface area contributed by atoms with Gasteiger partial charge in [-0.1, -0.05) is 110 Å². The van der Waals surface area contributed by atoms with E-state index in [0.29, 0.717) is 12.3 Å². The van der Waals surface area contributed by atoms with Crippen molar-refractivity contribution >= 4 is 37.7 Å². The van der Waals surface area contributed by atoms with Gasteiger partial charge in [0.25, 0.3) is 0 Å². The van der Waals surface area contributed by atoms with Gasteiger partial charge in [0.2, 0.25) is 0 Å². The molecule has 3 aromatic rings. The molecule has 0 aromatic heterocycles. The number of carbonyl (C=O) groups is 1. The molecule has 0 unspecified atom stereocenters. The zero-order chi connectivity index (χ0) is 22.9. The summed E-state index contributed by atoms with van der Waals surface area (Å²) in [5.41, 5.74) is 3.81. The number of carbonyl (C=O) groups excluding carboxylic acids is 1. The monoisotopic (exact) mass is 472 g/mol. The van der Waals surface area contributed by atoms with E-state index in [1.54, 1.807) is 0 Å². The zero-order valence-electron chi connectivity index (χ0n) is 19.4. The molecular formula is C29H30O2P2. The van der Waals surface area contributed by atoms with E-state index in [-0.39, 0.29) is 23.2 Å². The minimum Gasteiger partial charge on any atom is -0.466 e. The Morgan fingerprint density at radius 1 is 0.788 bits per heavy atom. The summed E-state index contributed by atoms with van der Waals surface area (Å²) in [6, 6.07) is 32.6. The lowest BCUT2D eigenvalue weighted by atomic mass is 9.84. The molecule has 0 aliphatic carbocycles. The maximum absolute atomic E-state index is 13.6. The predicted molar refractivity (Wildman–Crippen MR) is 142 cm³/mol. The minimum atomic E-state index is -0.731. The molecule has 1 saturated heterocycles. The van der Waals surface area contributed by atoms with Gasteiger partial charge in [0.15, 0.2) is 0 Å². The lowest BCUT2D eigenvalue weighted by Gasteiger charge is -2.37. The molecular weight excluding hydrogens is 442 g/mol. The van der Waals surface area contributed by atoms with E-state index in [2.05, 4.69) is 105 Å². The van der Waals surface area contributed by atoms with Crippen molar-refractivity contribution in [2.45, 2.75) is 37.7 Å². The predicted octanol–water partition coefficient (Wildman–Crippen LogP) is 5.58. The number of hydrogen-bond donors (Lipinski definition) is 0. The topological polar surface area (TPSA) is 26.3 Å². The van der Waals surface area contributed by atoms with Gasteiger partial charge in [0.05, 0.1) is 12.5 Å². The molecule has 0 N–H and O–H groups in total. The molecule has 3 aromatic carbocycles. The molecule has 0 spiro atoms. The van der Waals surface area contributed by atoms with Crippen molar-refractivity contribution in [1.82, 2.24) is 0 Å². The molecule has 0 radical (unpaired) electrons. The van der Waals surface area contributed by atoms with Crippen LogP contribution in [0, 0.1) is 5.92 Å². The van der Waals surface area contributed by atoms with E-state index in [1.807, 2.05) is 6.92 Å². The first-order chi connectivity index (χ1) is 16.1. The van der Waals surface area contributed by atoms with Crippen molar-refractivity contribution < 1.29 is 9.53 Å². The highest BCUT2D eigenvalue weighted by Crippen LogP contribution is 2.72. The lowest BCUT2D eigenvalue weighted by Crippen LogP contribution is -2.41. The average molecular weight is 473 g/mol. The SMILES string of the molecule is CCOC(=O)[C@H]1[C@H](P(c2ccccc2)c2ccccc2)[C@H]2C(C)=C(C)[C@@H]1[P@]2c1ccccc1. The molecule has 2 aliphatic rings. The Morgan fingerprint density at radius 2 is 1.27 bits per heavy atom. The van der Waals surface area contributed by atoms with E-state index in [9.17, 15) is 4.79 Å². The number of fused-ring (bicyclic) bond motifs is 2. The number of esters is 1. The van der Waals surface area contributed by atoms with Crippen LogP contribution in [0.25, 0.3) is 0 Å². The Morgan fingerprint density at radius 3 is 1.79 bits per heavy atom. The van der Waals surface area contributed by atoms with Crippen LogP contribution in [-0.4, -0.2) is 29.6 Å². The van der Waals surface area contributed by atoms with Crippen molar-refractivity contribution in [2.24, 2.45) is 5.92 Å². The van der Waals surface area contributed by atoms with E-state index in [1.165, 1.54) is 27.1 Å². The van der Waals surface area contributed by atoms with Crippen molar-refractivity contribution in [3.05, 3.63) is 102 Å². The summed E-state index contributed by atoms with van der Waals surface area (Å²) in [4.78, 5) is 13.6. The third-order valence-corrected chi connectivity index (χ3v) is 13.8. The highest BCUT2D eigenvalue weighted by Gasteiger charge is 2.61. The van der Waals surface area contributed by atoms with Crippen molar-refractivity contribution in [3.63, 3.8) is 0 Å². The molecule has 2 aliphatic heterocycles. The maximum atomic E-state index is 13.6. The van der Waals surface area contributed by atoms with Crippen LogP contribution in [-0.2, 0) is 9.53 Å². The second kappa shape index (κ2) is 9.54. The van der Waals surface area contributed by atoms with Gasteiger partial charge in [-0.2, -0.15) is 0 Å². The number of rotatable bonds is 6. The van der Waals surface area contributed by atoms with Gasteiger partial charge < -0.3 is 4.74 Å². The van der Waals surface area contributed by atoms with Crippen LogP contribution >= 0.6 is 15.8 Å². The minimum absolute atomic E-state index is 0.00959. The molecule has 4 heteroatoms. The lowest BCUT2D eigenvalue weighted by molar-refractivity contribution is -0.147. The molecule has 168 valence electrons. The summed E-state index contributed by atoms with van der Waals surface area (Å²) in [5.74, 6) is -0.110. The number of ether oxygens (including phenoxy) is 1. The molecule has 1 fully saturated rings. The van der Waals surface area contributed by atoms with Crippen LogP contribution in [0.2, 0.25) is 0 Å². The largest absolute Gasteiger partial charge is 0.466 e. The Hall–Kier alpha value is -2.27. The van der Waals surface area contributed by atoms with Crippen LogP contribution in [0.1, 0.15) is 20.8 Å². The molecule has 5 rings (SSSR count). The summed E-state index contributed by atoms with van der Waals surface area (Å²) in [6.45, 7) is 6.93. The zero-order valence-corrected chi connectivity index (χ0v) is 21.2. The highest BCUT2D eigenvalue weighted by molar-refractivity contribution is 7.76. The number of hydrogen-bond acceptors (Lipinski definition) is 2. The molecule has 2 bridgehead atoms. The van der Waals surface area contributed by atoms with Crippen LogP contribution in [0.3, 0.4) is 0 Å². The van der Waals surface area contributed by atoms with E-state index < -0.39 is 15.8 Å². The Labute approximate surface area is 199 Å². The summed E-state index contributed by atoms with van der Waals surface area (Å²) < 4.78 is 5.76. The second-order valence-corrected chi connectivity index (χ2v) is 13.6. The fraction of sp³-hybridized carbons (Fsp3) is 0.276. The van der Waals surface area contributed by atoms with E-state index in [0.717, 1.165) is 0 Å². The average Bonchev–Trinajstić information content (AvgIpc) is 3.32. The highest BCUT2D eigenvalue weighted by atomic mass is 31.1. The van der Waals surface area contributed by atoms with Crippen molar-refractivity contribution in [1.29, 1.82) is 0 Å². The quantitative estimate of drug-likeness (QED) is 0.266. The third-order valence-electron chi connectivity index (χ3n) is 7.12. The van der Waals surface area contributed by atoms with Gasteiger partial charge in [-0.15, -0.1) is 0 Å². The normalized spacial score (nSPS) is 26.1. The van der Waals surface area contributed by atoms with Crippen LogP contribution in [0.15, 0.2) is 102 Å². The first-order valence-corrected chi connectivity index (χ1v) is 14.6. The van der Waals surface area contributed by atoms with Crippen molar-refractivity contribution in [3.8, 4) is 0 Å². The molecule has 0 amide bonds. The second-order valence-electron chi connectivity index (χ2n) is 8.81. The summed E-state index contributed by atoms with van der Waals surface area (Å²) >= 11 is 0. The molecule has 2 heterocycles. The third kappa shape index (κ3) is 3.88. The van der Waals surface area contributed by atoms with Gasteiger partial charge in [-0.3, -0.25) is 4.79 Å². The first-order valence-electron chi connectivity index (χ1n) is 11.7. The smallest absolute Gasteiger partial charge is 0.310 e. The summed E-state index contributed by atoms with van der Waals surface area (Å²) in [7, 11) is -1.25. The van der Waals surface area contributed by atoms with Gasteiger partial charge in [-0.25, -0.2) is 0 Å². The summed E-state index contributed by atoms with van der Waals surface area (Å²) in [5, 5.41) is 4.10. The molecule has 5 atom stereocenters. The standard InChI is InChI=1S/C29H30O2P2/c1-4-31-29(30)25-26-20(2)21(3)27(33(26)24-18-12-7-13-19-24)28(25)32(22-14-8-5-9-15-22)23-16-10-6-11-17-23/h5-19,25-28H,4H2,1-3H3/t25-,26+,27-,28+,33+/m1/s1. The molecule has 33 heavy (non-hydrogen) atoms. The van der Waals surface area contributed by atoms with E-state index >= 15 is 0 Å². The van der Waals surface area contributed by atoms with Gasteiger partial charge in [0.1, 0.15) is 0 Å². The Balaban J connectivity index is 1.71. The summed E-state index contributed by atoms with van der Waals surface area (Å²) in [6.07, 6.45) is 0. The fourth-order valence-corrected chi connectivity index (χ4v) is 13.7. The van der Waals surface area contributed by atoms with Gasteiger partial charge >= 0.3 is 5.97 Å². The number of allylic oxidation sites excluding steroid dienone is 2. The Kier molecular flexibility index (Phi) is 6.51. The first kappa shape index (κ1) is 22.5. The molecule has 0 saturated carbocycles. The maximum Gasteiger partial charge on any atom is 0.310 e. The fourth-order valence-electron chi connectivity index (χ4n) is 5.70. The van der Waals surface area contributed by atoms with Crippen LogP contribution in [0.5, 0.6) is 0 Å². The van der Waals surface area contributed by atoms with Crippen molar-refractivity contribution in [2.75, 3.05) is 6.61 Å². The van der Waals surface area contributed by atoms with Gasteiger partial charge in [0, 0.05) is 17.0 Å². The van der Waals surface area contributed by atoms with E-state index in [4.69, 9.17) is 4.74 Å². The Bertz CT molecular complexity index is 1100. The van der Waals surface area contributed by atoms with Crippen LogP contribution in [0.4, 0.5) is 0 Å². The van der Waals surface area contributed by atoms with Gasteiger partial charge in [-0.05, 0) is 44.6 Å². The van der Waals surface area contributed by atoms with Crippen LogP contribution < -0.4 is 15.9 Å².